The van der Waals surface area contributed by atoms with Crippen LogP contribution in [0.3, 0.4) is 0 Å². The van der Waals surface area contributed by atoms with E-state index in [4.69, 9.17) is 16.0 Å². The number of amides is 2. The number of hydrogen-bond donors (Lipinski definition) is 1. The van der Waals surface area contributed by atoms with Gasteiger partial charge >= 0.3 is 0 Å². The summed E-state index contributed by atoms with van der Waals surface area (Å²) in [5.74, 6) is 4.13. The predicted molar refractivity (Wildman–Crippen MR) is 143 cm³/mol. The molecule has 4 fully saturated rings. The molecule has 5 aliphatic rings. The average molecular weight is 515 g/mol. The highest BCUT2D eigenvalue weighted by Crippen LogP contribution is 2.60. The third-order valence-corrected chi connectivity index (χ3v) is 9.53. The zero-order valence-corrected chi connectivity index (χ0v) is 21.6. The maximum Gasteiger partial charge on any atom is 0.255 e. The van der Waals surface area contributed by atoms with Gasteiger partial charge in [0.2, 0.25) is 5.91 Å². The normalized spacial score (nSPS) is 27.7. The van der Waals surface area contributed by atoms with Gasteiger partial charge in [0.15, 0.2) is 0 Å². The summed E-state index contributed by atoms with van der Waals surface area (Å²) in [6.45, 7) is 1.10. The van der Waals surface area contributed by atoms with E-state index in [9.17, 15) is 9.59 Å². The number of fused-ring (bicyclic) bond motifs is 1. The van der Waals surface area contributed by atoms with E-state index in [1.165, 1.54) is 19.3 Å². The number of carbonyl (C=O) groups excluding carboxylic acids is 2. The van der Waals surface area contributed by atoms with Crippen molar-refractivity contribution in [1.82, 2.24) is 4.90 Å². The molecule has 8 rings (SSSR count). The number of benzene rings is 2. The molecule has 0 unspecified atom stereocenters. The Kier molecular flexibility index (Phi) is 5.47. The van der Waals surface area contributed by atoms with Gasteiger partial charge in [0.05, 0.1) is 16.0 Å². The van der Waals surface area contributed by atoms with E-state index in [1.54, 1.807) is 12.1 Å². The lowest BCUT2D eigenvalue weighted by Gasteiger charge is -2.55. The number of anilines is 1. The molecule has 6 heteroatoms. The molecule has 0 saturated heterocycles. The lowest BCUT2D eigenvalue weighted by Crippen LogP contribution is -2.51. The molecule has 5 nitrogen and oxygen atoms in total. The second-order valence-corrected chi connectivity index (χ2v) is 12.2. The number of nitrogens with one attached hydrogen (secondary N) is 1. The smallest absolute Gasteiger partial charge is 0.255 e. The Morgan fingerprint density at radius 3 is 2.30 bits per heavy atom. The Morgan fingerprint density at radius 1 is 0.946 bits per heavy atom. The number of rotatable bonds is 4. The predicted octanol–water partition coefficient (Wildman–Crippen LogP) is 6.95. The van der Waals surface area contributed by atoms with Crippen LogP contribution in [0.2, 0.25) is 5.02 Å². The lowest BCUT2D eigenvalue weighted by atomic mass is 9.49. The van der Waals surface area contributed by atoms with Crippen molar-refractivity contribution in [3.63, 3.8) is 0 Å². The second kappa shape index (κ2) is 8.76. The van der Waals surface area contributed by atoms with Crippen LogP contribution in [-0.2, 0) is 17.8 Å². The van der Waals surface area contributed by atoms with Gasteiger partial charge < -0.3 is 14.6 Å². The molecule has 4 bridgehead atoms. The zero-order chi connectivity index (χ0) is 25.1. The molecule has 37 heavy (non-hydrogen) atoms. The van der Waals surface area contributed by atoms with E-state index in [0.29, 0.717) is 30.1 Å². The fraction of sp³-hybridized carbons (Fsp3) is 0.419. The molecular weight excluding hydrogens is 484 g/mol. The monoisotopic (exact) mass is 514 g/mol. The minimum Gasteiger partial charge on any atom is -0.461 e. The Hall–Kier alpha value is -3.05. The van der Waals surface area contributed by atoms with Crippen molar-refractivity contribution in [3.8, 4) is 11.3 Å². The molecule has 2 amide bonds. The quantitative estimate of drug-likeness (QED) is 0.409. The Bertz CT molecular complexity index is 1340. The molecule has 0 spiro atoms. The van der Waals surface area contributed by atoms with Gasteiger partial charge in [-0.15, -0.1) is 0 Å². The number of halogens is 1. The summed E-state index contributed by atoms with van der Waals surface area (Å²) in [5.41, 5.74) is 3.22. The van der Waals surface area contributed by atoms with E-state index in [1.807, 2.05) is 47.4 Å². The first-order valence-corrected chi connectivity index (χ1v) is 13.9. The van der Waals surface area contributed by atoms with Gasteiger partial charge in [0.25, 0.3) is 5.91 Å². The fourth-order valence-corrected chi connectivity index (χ4v) is 8.04. The third kappa shape index (κ3) is 4.08. The summed E-state index contributed by atoms with van der Waals surface area (Å²) in [6, 6.07) is 17.2. The van der Waals surface area contributed by atoms with Crippen LogP contribution in [0.1, 0.15) is 60.2 Å². The molecule has 1 aromatic heterocycles. The van der Waals surface area contributed by atoms with Crippen LogP contribution in [0.5, 0.6) is 0 Å². The molecule has 4 aliphatic carbocycles. The van der Waals surface area contributed by atoms with Crippen molar-refractivity contribution in [2.24, 2.45) is 23.2 Å². The van der Waals surface area contributed by atoms with Crippen molar-refractivity contribution in [3.05, 3.63) is 76.5 Å². The summed E-state index contributed by atoms with van der Waals surface area (Å²) < 4.78 is 6.18. The Labute approximate surface area is 222 Å². The molecule has 190 valence electrons. The highest BCUT2D eigenvalue weighted by molar-refractivity contribution is 6.33. The van der Waals surface area contributed by atoms with Crippen LogP contribution >= 0.6 is 11.6 Å². The minimum atomic E-state index is -0.152. The number of hydrogen-bond acceptors (Lipinski definition) is 3. The number of carbonyl (C=O) groups is 2. The summed E-state index contributed by atoms with van der Waals surface area (Å²) >= 11 is 6.25. The molecule has 4 saturated carbocycles. The van der Waals surface area contributed by atoms with Crippen molar-refractivity contribution in [1.29, 1.82) is 0 Å². The average Bonchev–Trinajstić information content (AvgIpc) is 3.32. The molecule has 2 aromatic carbocycles. The first kappa shape index (κ1) is 23.1. The lowest BCUT2D eigenvalue weighted by molar-refractivity contribution is -0.140. The molecule has 0 atom stereocenters. The molecule has 1 aliphatic heterocycles. The Morgan fingerprint density at radius 2 is 1.62 bits per heavy atom. The van der Waals surface area contributed by atoms with Crippen molar-refractivity contribution >= 4 is 29.1 Å². The SMILES string of the molecule is O=C(c1ccccc1Cl)N1CCc2oc(-c3ccc(NC(=O)C45CC6CC(CC(C6)C4)C5)cc3)cc2C1. The van der Waals surface area contributed by atoms with Crippen LogP contribution < -0.4 is 5.32 Å². The number of nitrogens with zero attached hydrogens (tertiary/aromatic N) is 1. The van der Waals surface area contributed by atoms with E-state index in [0.717, 1.165) is 65.4 Å². The zero-order valence-electron chi connectivity index (χ0n) is 20.8. The summed E-state index contributed by atoms with van der Waals surface area (Å²) in [6.07, 6.45) is 7.87. The second-order valence-electron chi connectivity index (χ2n) is 11.7. The summed E-state index contributed by atoms with van der Waals surface area (Å²) in [4.78, 5) is 28.2. The summed E-state index contributed by atoms with van der Waals surface area (Å²) in [7, 11) is 0. The van der Waals surface area contributed by atoms with Gasteiger partial charge in [0.1, 0.15) is 11.5 Å². The van der Waals surface area contributed by atoms with Gasteiger partial charge in [-0.1, -0.05) is 23.7 Å². The third-order valence-electron chi connectivity index (χ3n) is 9.21. The highest BCUT2D eigenvalue weighted by atomic mass is 35.5. The van der Waals surface area contributed by atoms with Gasteiger partial charge in [-0.25, -0.2) is 0 Å². The topological polar surface area (TPSA) is 62.6 Å². The van der Waals surface area contributed by atoms with Crippen molar-refractivity contribution in [2.75, 3.05) is 11.9 Å². The highest BCUT2D eigenvalue weighted by Gasteiger charge is 2.54. The first-order chi connectivity index (χ1) is 18.0. The van der Waals surface area contributed by atoms with Crippen LogP contribution in [0.15, 0.2) is 59.0 Å². The maximum absolute atomic E-state index is 13.4. The van der Waals surface area contributed by atoms with E-state index < -0.39 is 0 Å². The van der Waals surface area contributed by atoms with Gasteiger partial charge in [-0.3, -0.25) is 9.59 Å². The van der Waals surface area contributed by atoms with Gasteiger partial charge in [-0.05, 0) is 98.7 Å². The van der Waals surface area contributed by atoms with Crippen LogP contribution in [0.25, 0.3) is 11.3 Å². The number of furan rings is 1. The molecular formula is C31H31ClN2O3. The van der Waals surface area contributed by atoms with Crippen LogP contribution in [0.4, 0.5) is 5.69 Å². The van der Waals surface area contributed by atoms with Gasteiger partial charge in [-0.2, -0.15) is 0 Å². The van der Waals surface area contributed by atoms with Crippen LogP contribution in [-0.4, -0.2) is 23.3 Å². The standard InChI is InChI=1S/C31H31ClN2O3/c32-26-4-2-1-3-25(26)29(35)34-10-9-27-23(18-34)14-28(37-27)22-5-7-24(8-6-22)33-30(36)31-15-19-11-20(16-31)13-21(12-19)17-31/h1-8,14,19-21H,9-13,15-18H2,(H,33,36). The maximum atomic E-state index is 13.4. The van der Waals surface area contributed by atoms with E-state index in [2.05, 4.69) is 5.32 Å². The molecule has 3 aromatic rings. The first-order valence-electron chi connectivity index (χ1n) is 13.5. The van der Waals surface area contributed by atoms with Crippen molar-refractivity contribution in [2.45, 2.75) is 51.5 Å². The minimum absolute atomic E-state index is 0.0573. The van der Waals surface area contributed by atoms with E-state index in [-0.39, 0.29) is 17.2 Å². The van der Waals surface area contributed by atoms with Crippen LogP contribution in [0, 0.1) is 23.2 Å². The molecule has 0 radical (unpaired) electrons. The molecule has 1 N–H and O–H groups in total. The largest absolute Gasteiger partial charge is 0.461 e. The Balaban J connectivity index is 1.04. The molecule has 2 heterocycles. The van der Waals surface area contributed by atoms with Crippen molar-refractivity contribution < 1.29 is 14.0 Å². The van der Waals surface area contributed by atoms with Gasteiger partial charge in [0, 0.05) is 36.3 Å². The van der Waals surface area contributed by atoms with E-state index >= 15 is 0 Å². The summed E-state index contributed by atoms with van der Waals surface area (Å²) in [5, 5.41) is 3.71. The fourth-order valence-electron chi connectivity index (χ4n) is 7.82.